The summed E-state index contributed by atoms with van der Waals surface area (Å²) in [4.78, 5) is 4.58. The maximum Gasteiger partial charge on any atom is 0.0856 e. The minimum absolute atomic E-state index is 0.113. The van der Waals surface area contributed by atoms with Crippen LogP contribution >= 0.6 is 0 Å². The van der Waals surface area contributed by atoms with Gasteiger partial charge in [-0.15, -0.1) is 0 Å². The Balaban J connectivity index is 2.11. The van der Waals surface area contributed by atoms with E-state index in [1.54, 1.807) is 7.11 Å². The first kappa shape index (κ1) is 14.0. The second kappa shape index (κ2) is 6.64. The fourth-order valence-corrected chi connectivity index (χ4v) is 2.32. The lowest BCUT2D eigenvalue weighted by molar-refractivity contribution is -0.0163. The van der Waals surface area contributed by atoms with E-state index in [-0.39, 0.29) is 6.10 Å². The van der Waals surface area contributed by atoms with E-state index in [9.17, 15) is 5.11 Å². The predicted octanol–water partition coefficient (Wildman–Crippen LogP) is 2.95. The summed E-state index contributed by atoms with van der Waals surface area (Å²) in [6.45, 7) is 2.09. The van der Waals surface area contributed by atoms with Crippen molar-refractivity contribution in [1.29, 1.82) is 0 Å². The zero-order valence-corrected chi connectivity index (χ0v) is 11.5. The molecule has 0 spiro atoms. The van der Waals surface area contributed by atoms with Crippen LogP contribution in [0.25, 0.3) is 10.9 Å². The number of ether oxygens (including phenoxy) is 1. The largest absolute Gasteiger partial charge is 0.390 e. The predicted molar refractivity (Wildman–Crippen MR) is 77.2 cm³/mol. The molecule has 3 nitrogen and oxygen atoms in total. The zero-order chi connectivity index (χ0) is 13.7. The van der Waals surface area contributed by atoms with Crippen molar-refractivity contribution in [3.8, 4) is 0 Å². The highest BCUT2D eigenvalue weighted by Gasteiger charge is 2.18. The Morgan fingerprint density at radius 1 is 1.21 bits per heavy atom. The van der Waals surface area contributed by atoms with Gasteiger partial charge >= 0.3 is 0 Å². The average molecular weight is 259 g/mol. The Labute approximate surface area is 114 Å². The molecule has 0 saturated heterocycles. The molecular weight excluding hydrogens is 238 g/mol. The number of nitrogens with zero attached hydrogens (tertiary/aromatic N) is 1. The van der Waals surface area contributed by atoms with Crippen molar-refractivity contribution < 1.29 is 9.84 Å². The molecule has 19 heavy (non-hydrogen) atoms. The Hall–Kier alpha value is -1.45. The smallest absolute Gasteiger partial charge is 0.0856 e. The van der Waals surface area contributed by atoms with Crippen LogP contribution < -0.4 is 0 Å². The van der Waals surface area contributed by atoms with Crippen LogP contribution in [0.4, 0.5) is 0 Å². The van der Waals surface area contributed by atoms with Gasteiger partial charge in [-0.1, -0.05) is 37.6 Å². The Morgan fingerprint density at radius 2 is 2.00 bits per heavy atom. The monoisotopic (exact) mass is 259 g/mol. The summed E-state index contributed by atoms with van der Waals surface area (Å²) in [5, 5.41) is 11.3. The number of hydrogen-bond acceptors (Lipinski definition) is 3. The SMILES string of the molecule is CCCC(OC)C(O)Cc1ccc2ccccc2n1. The van der Waals surface area contributed by atoms with E-state index in [1.165, 1.54) is 0 Å². The third kappa shape index (κ3) is 3.52. The molecular formula is C16H21NO2. The summed E-state index contributed by atoms with van der Waals surface area (Å²) >= 11 is 0. The number of rotatable bonds is 6. The van der Waals surface area contributed by atoms with Crippen molar-refractivity contribution in [2.24, 2.45) is 0 Å². The fourth-order valence-electron chi connectivity index (χ4n) is 2.32. The molecule has 2 rings (SSSR count). The van der Waals surface area contributed by atoms with E-state index in [1.807, 2.05) is 36.4 Å². The molecule has 0 radical (unpaired) electrons. The number of methoxy groups -OCH3 is 1. The summed E-state index contributed by atoms with van der Waals surface area (Å²) < 4.78 is 5.33. The summed E-state index contributed by atoms with van der Waals surface area (Å²) in [5.41, 5.74) is 1.88. The molecule has 0 fully saturated rings. The summed E-state index contributed by atoms with van der Waals surface area (Å²) in [5.74, 6) is 0. The summed E-state index contributed by atoms with van der Waals surface area (Å²) in [6.07, 6.45) is 1.78. The Morgan fingerprint density at radius 3 is 2.74 bits per heavy atom. The maximum absolute atomic E-state index is 10.2. The molecule has 3 heteroatoms. The average Bonchev–Trinajstić information content (AvgIpc) is 2.44. The van der Waals surface area contributed by atoms with Crippen LogP contribution in [0.15, 0.2) is 36.4 Å². The van der Waals surface area contributed by atoms with Crippen molar-refractivity contribution in [2.75, 3.05) is 7.11 Å². The van der Waals surface area contributed by atoms with Crippen LogP contribution in [0, 0.1) is 0 Å². The first-order valence-electron chi connectivity index (χ1n) is 6.80. The van der Waals surface area contributed by atoms with E-state index < -0.39 is 6.10 Å². The number of para-hydroxylation sites is 1. The van der Waals surface area contributed by atoms with Crippen molar-refractivity contribution in [3.63, 3.8) is 0 Å². The number of aliphatic hydroxyl groups excluding tert-OH is 1. The van der Waals surface area contributed by atoms with Gasteiger partial charge in [0.25, 0.3) is 0 Å². The first-order chi connectivity index (χ1) is 9.24. The van der Waals surface area contributed by atoms with Crippen molar-refractivity contribution in [1.82, 2.24) is 4.98 Å². The number of benzene rings is 1. The van der Waals surface area contributed by atoms with E-state index in [4.69, 9.17) is 4.74 Å². The van der Waals surface area contributed by atoms with Crippen LogP contribution in [-0.4, -0.2) is 29.4 Å². The molecule has 0 amide bonds. The van der Waals surface area contributed by atoms with Gasteiger partial charge in [-0.3, -0.25) is 4.98 Å². The van der Waals surface area contributed by atoms with E-state index in [0.717, 1.165) is 29.4 Å². The lowest BCUT2D eigenvalue weighted by Crippen LogP contribution is -2.30. The first-order valence-corrected chi connectivity index (χ1v) is 6.80. The third-order valence-corrected chi connectivity index (χ3v) is 3.38. The number of pyridine rings is 1. The van der Waals surface area contributed by atoms with Gasteiger partial charge in [0.05, 0.1) is 17.7 Å². The molecule has 0 aliphatic carbocycles. The summed E-state index contributed by atoms with van der Waals surface area (Å²) in [7, 11) is 1.65. The second-order valence-electron chi connectivity index (χ2n) is 4.83. The molecule has 1 N–H and O–H groups in total. The summed E-state index contributed by atoms with van der Waals surface area (Å²) in [6, 6.07) is 12.0. The fraction of sp³-hybridized carbons (Fsp3) is 0.438. The Bertz CT molecular complexity index is 527. The highest BCUT2D eigenvalue weighted by Crippen LogP contribution is 2.15. The quantitative estimate of drug-likeness (QED) is 0.867. The molecule has 1 aromatic carbocycles. The molecule has 2 atom stereocenters. The topological polar surface area (TPSA) is 42.4 Å². The lowest BCUT2D eigenvalue weighted by atomic mass is 10.0. The van der Waals surface area contributed by atoms with Gasteiger partial charge < -0.3 is 9.84 Å². The van der Waals surface area contributed by atoms with Gasteiger partial charge in [0.2, 0.25) is 0 Å². The van der Waals surface area contributed by atoms with Gasteiger partial charge in [-0.2, -0.15) is 0 Å². The molecule has 2 aromatic rings. The normalized spacial score (nSPS) is 14.5. The highest BCUT2D eigenvalue weighted by atomic mass is 16.5. The van der Waals surface area contributed by atoms with Gasteiger partial charge in [-0.05, 0) is 18.6 Å². The van der Waals surface area contributed by atoms with E-state index >= 15 is 0 Å². The minimum Gasteiger partial charge on any atom is -0.390 e. The zero-order valence-electron chi connectivity index (χ0n) is 11.5. The molecule has 0 bridgehead atoms. The number of aliphatic hydroxyl groups is 1. The van der Waals surface area contributed by atoms with Crippen molar-refractivity contribution in [3.05, 3.63) is 42.1 Å². The van der Waals surface area contributed by atoms with E-state index in [0.29, 0.717) is 6.42 Å². The van der Waals surface area contributed by atoms with Gasteiger partial charge in [0.1, 0.15) is 0 Å². The van der Waals surface area contributed by atoms with Crippen molar-refractivity contribution >= 4 is 10.9 Å². The van der Waals surface area contributed by atoms with Crippen LogP contribution in [0.3, 0.4) is 0 Å². The van der Waals surface area contributed by atoms with Gasteiger partial charge in [0, 0.05) is 24.6 Å². The van der Waals surface area contributed by atoms with E-state index in [2.05, 4.69) is 11.9 Å². The minimum atomic E-state index is -0.501. The van der Waals surface area contributed by atoms with Crippen LogP contribution in [-0.2, 0) is 11.2 Å². The number of fused-ring (bicyclic) bond motifs is 1. The molecule has 102 valence electrons. The Kier molecular flexibility index (Phi) is 4.88. The third-order valence-electron chi connectivity index (χ3n) is 3.38. The lowest BCUT2D eigenvalue weighted by Gasteiger charge is -2.20. The van der Waals surface area contributed by atoms with Gasteiger partial charge in [0.15, 0.2) is 0 Å². The molecule has 0 saturated carbocycles. The number of hydrogen-bond donors (Lipinski definition) is 1. The molecule has 2 unspecified atom stereocenters. The molecule has 1 aromatic heterocycles. The maximum atomic E-state index is 10.2. The van der Waals surface area contributed by atoms with Crippen LogP contribution in [0.5, 0.6) is 0 Å². The molecule has 0 aliphatic heterocycles. The second-order valence-corrected chi connectivity index (χ2v) is 4.83. The van der Waals surface area contributed by atoms with Crippen molar-refractivity contribution in [2.45, 2.75) is 38.4 Å². The highest BCUT2D eigenvalue weighted by molar-refractivity contribution is 5.78. The molecule has 0 aliphatic rings. The van der Waals surface area contributed by atoms with Crippen LogP contribution in [0.1, 0.15) is 25.5 Å². The number of aromatic nitrogens is 1. The van der Waals surface area contributed by atoms with Gasteiger partial charge in [-0.25, -0.2) is 0 Å². The molecule has 1 heterocycles. The van der Waals surface area contributed by atoms with Crippen LogP contribution in [0.2, 0.25) is 0 Å². The standard InChI is InChI=1S/C16H21NO2/c1-3-6-16(19-2)15(18)11-13-10-9-12-7-4-5-8-14(12)17-13/h4-5,7-10,15-16,18H,3,6,11H2,1-2H3.